The largest absolute Gasteiger partial charge is 0.493 e. The first-order valence-corrected chi connectivity index (χ1v) is 9.63. The highest BCUT2D eigenvalue weighted by Crippen LogP contribution is 2.33. The number of rotatable bonds is 7. The SMILES string of the molecule is CCCCN(C)c1cnc(C(=O)N2CCc3cc(OC)c(OC)cc3C2)cn1. The molecule has 1 aliphatic rings. The van der Waals surface area contributed by atoms with Crippen molar-refractivity contribution in [1.29, 1.82) is 0 Å². The van der Waals surface area contributed by atoms with E-state index in [4.69, 9.17) is 9.47 Å². The van der Waals surface area contributed by atoms with Gasteiger partial charge in [0.1, 0.15) is 11.5 Å². The molecule has 0 radical (unpaired) electrons. The number of hydrogen-bond acceptors (Lipinski definition) is 6. The summed E-state index contributed by atoms with van der Waals surface area (Å²) in [5.74, 6) is 2.08. The minimum Gasteiger partial charge on any atom is -0.493 e. The van der Waals surface area contributed by atoms with Crippen LogP contribution in [0.25, 0.3) is 0 Å². The van der Waals surface area contributed by atoms with Crippen molar-refractivity contribution in [3.8, 4) is 11.5 Å². The molecule has 1 aromatic heterocycles. The summed E-state index contributed by atoms with van der Waals surface area (Å²) in [5, 5.41) is 0. The molecule has 1 aromatic carbocycles. The Hall–Kier alpha value is -2.83. The van der Waals surface area contributed by atoms with Crippen LogP contribution in [0.4, 0.5) is 5.82 Å². The van der Waals surface area contributed by atoms with E-state index in [-0.39, 0.29) is 5.91 Å². The van der Waals surface area contributed by atoms with Gasteiger partial charge in [-0.05, 0) is 36.1 Å². The number of carbonyl (C=O) groups is 1. The van der Waals surface area contributed by atoms with Crippen molar-refractivity contribution in [2.75, 3.05) is 39.3 Å². The molecule has 0 N–H and O–H groups in total. The topological polar surface area (TPSA) is 67.8 Å². The third-order valence-corrected chi connectivity index (χ3v) is 5.10. The summed E-state index contributed by atoms with van der Waals surface area (Å²) in [6, 6.07) is 3.95. The average Bonchev–Trinajstić information content (AvgIpc) is 2.75. The zero-order chi connectivity index (χ0) is 20.1. The third kappa shape index (κ3) is 4.18. The van der Waals surface area contributed by atoms with Crippen LogP contribution in [-0.4, -0.2) is 55.1 Å². The van der Waals surface area contributed by atoms with Gasteiger partial charge < -0.3 is 19.3 Å². The summed E-state index contributed by atoms with van der Waals surface area (Å²) in [5.41, 5.74) is 2.62. The van der Waals surface area contributed by atoms with E-state index < -0.39 is 0 Å². The van der Waals surface area contributed by atoms with Gasteiger partial charge in [-0.1, -0.05) is 13.3 Å². The molecule has 0 unspecified atom stereocenters. The summed E-state index contributed by atoms with van der Waals surface area (Å²) in [6.07, 6.45) is 6.24. The minimum absolute atomic E-state index is 0.101. The second kappa shape index (κ2) is 8.91. The zero-order valence-corrected chi connectivity index (χ0v) is 17.1. The first-order valence-electron chi connectivity index (χ1n) is 9.63. The highest BCUT2D eigenvalue weighted by Gasteiger charge is 2.24. The molecule has 0 fully saturated rings. The first-order chi connectivity index (χ1) is 13.6. The van der Waals surface area contributed by atoms with Gasteiger partial charge in [-0.3, -0.25) is 4.79 Å². The van der Waals surface area contributed by atoms with E-state index in [1.165, 1.54) is 5.56 Å². The molecule has 7 nitrogen and oxygen atoms in total. The van der Waals surface area contributed by atoms with Gasteiger partial charge in [-0.25, -0.2) is 9.97 Å². The van der Waals surface area contributed by atoms with Crippen LogP contribution in [0, 0.1) is 0 Å². The van der Waals surface area contributed by atoms with Gasteiger partial charge in [0.2, 0.25) is 0 Å². The van der Waals surface area contributed by atoms with E-state index in [9.17, 15) is 4.79 Å². The van der Waals surface area contributed by atoms with Crippen LogP contribution >= 0.6 is 0 Å². The first kappa shape index (κ1) is 19.9. The fourth-order valence-corrected chi connectivity index (χ4v) is 3.36. The van der Waals surface area contributed by atoms with Crippen molar-refractivity contribution in [2.45, 2.75) is 32.7 Å². The van der Waals surface area contributed by atoms with Gasteiger partial charge in [-0.2, -0.15) is 0 Å². The van der Waals surface area contributed by atoms with Crippen molar-refractivity contribution in [3.05, 3.63) is 41.3 Å². The zero-order valence-electron chi connectivity index (χ0n) is 17.1. The number of nitrogens with zero attached hydrogens (tertiary/aromatic N) is 4. The number of benzene rings is 1. The van der Waals surface area contributed by atoms with Crippen LogP contribution < -0.4 is 14.4 Å². The highest BCUT2D eigenvalue weighted by atomic mass is 16.5. The Morgan fingerprint density at radius 3 is 2.46 bits per heavy atom. The second-order valence-electron chi connectivity index (χ2n) is 6.99. The Labute approximate surface area is 166 Å². The Morgan fingerprint density at radius 2 is 1.86 bits per heavy atom. The molecule has 2 aromatic rings. The molecule has 0 spiro atoms. The standard InChI is InChI=1S/C21H28N4O3/c1-5-6-8-24(2)20-13-22-17(12-23-20)21(26)25-9-7-15-10-18(27-3)19(28-4)11-16(15)14-25/h10-13H,5-9,14H2,1-4H3. The van der Waals surface area contributed by atoms with Crippen molar-refractivity contribution < 1.29 is 14.3 Å². The van der Waals surface area contributed by atoms with Crippen LogP contribution in [0.5, 0.6) is 11.5 Å². The molecule has 0 aliphatic carbocycles. The summed E-state index contributed by atoms with van der Waals surface area (Å²) in [7, 11) is 5.24. The van der Waals surface area contributed by atoms with E-state index in [1.807, 2.05) is 19.2 Å². The molecule has 0 saturated heterocycles. The number of fused-ring (bicyclic) bond motifs is 1. The highest BCUT2D eigenvalue weighted by molar-refractivity contribution is 5.92. The lowest BCUT2D eigenvalue weighted by atomic mass is 9.98. The molecular weight excluding hydrogens is 356 g/mol. The second-order valence-corrected chi connectivity index (χ2v) is 6.99. The van der Waals surface area contributed by atoms with Gasteiger partial charge >= 0.3 is 0 Å². The Morgan fingerprint density at radius 1 is 1.14 bits per heavy atom. The van der Waals surface area contributed by atoms with Gasteiger partial charge in [-0.15, -0.1) is 0 Å². The van der Waals surface area contributed by atoms with Crippen molar-refractivity contribution in [3.63, 3.8) is 0 Å². The lowest BCUT2D eigenvalue weighted by Crippen LogP contribution is -2.36. The molecule has 150 valence electrons. The third-order valence-electron chi connectivity index (χ3n) is 5.10. The van der Waals surface area contributed by atoms with Gasteiger partial charge in [0.05, 0.1) is 26.6 Å². The van der Waals surface area contributed by atoms with Gasteiger partial charge in [0.25, 0.3) is 5.91 Å². The number of methoxy groups -OCH3 is 2. The summed E-state index contributed by atoms with van der Waals surface area (Å²) < 4.78 is 10.8. The van der Waals surface area contributed by atoms with Crippen LogP contribution in [-0.2, 0) is 13.0 Å². The fraction of sp³-hybridized carbons (Fsp3) is 0.476. The molecule has 0 atom stereocenters. The molecule has 0 bridgehead atoms. The molecule has 3 rings (SSSR count). The summed E-state index contributed by atoms with van der Waals surface area (Å²) in [4.78, 5) is 25.5. The number of aromatic nitrogens is 2. The number of unbranched alkanes of at least 4 members (excludes halogenated alkanes) is 1. The number of carbonyl (C=O) groups excluding carboxylic acids is 1. The van der Waals surface area contributed by atoms with Crippen LogP contribution in [0.2, 0.25) is 0 Å². The predicted octanol–water partition coefficient (Wildman–Crippen LogP) is 2.93. The lowest BCUT2D eigenvalue weighted by molar-refractivity contribution is 0.0728. The quantitative estimate of drug-likeness (QED) is 0.731. The van der Waals surface area contributed by atoms with E-state index in [2.05, 4.69) is 21.8 Å². The van der Waals surface area contributed by atoms with Crippen molar-refractivity contribution in [2.24, 2.45) is 0 Å². The number of hydrogen-bond donors (Lipinski definition) is 0. The van der Waals surface area contributed by atoms with Gasteiger partial charge in [0.15, 0.2) is 11.5 Å². The molecule has 0 saturated carbocycles. The van der Waals surface area contributed by atoms with E-state index >= 15 is 0 Å². The minimum atomic E-state index is -0.101. The lowest BCUT2D eigenvalue weighted by Gasteiger charge is -2.29. The van der Waals surface area contributed by atoms with Gasteiger partial charge in [0, 0.05) is 26.7 Å². The molecule has 28 heavy (non-hydrogen) atoms. The maximum atomic E-state index is 12.9. The average molecular weight is 384 g/mol. The Balaban J connectivity index is 1.72. The Kier molecular flexibility index (Phi) is 6.34. The number of anilines is 1. The van der Waals surface area contributed by atoms with Crippen LogP contribution in [0.15, 0.2) is 24.5 Å². The molecule has 1 amide bonds. The molecule has 7 heteroatoms. The number of amides is 1. The van der Waals surface area contributed by atoms with Crippen LogP contribution in [0.3, 0.4) is 0 Å². The van der Waals surface area contributed by atoms with Crippen molar-refractivity contribution >= 4 is 11.7 Å². The monoisotopic (exact) mass is 384 g/mol. The van der Waals surface area contributed by atoms with Crippen LogP contribution in [0.1, 0.15) is 41.4 Å². The molecule has 1 aliphatic heterocycles. The maximum Gasteiger partial charge on any atom is 0.274 e. The normalized spacial score (nSPS) is 13.1. The Bertz CT molecular complexity index is 823. The van der Waals surface area contributed by atoms with Crippen molar-refractivity contribution in [1.82, 2.24) is 14.9 Å². The maximum absolute atomic E-state index is 12.9. The summed E-state index contributed by atoms with van der Waals surface area (Å²) in [6.45, 7) is 4.24. The van der Waals surface area contributed by atoms with E-state index in [1.54, 1.807) is 31.5 Å². The predicted molar refractivity (Wildman–Crippen MR) is 108 cm³/mol. The fourth-order valence-electron chi connectivity index (χ4n) is 3.36. The smallest absolute Gasteiger partial charge is 0.274 e. The van der Waals surface area contributed by atoms with E-state index in [0.717, 1.165) is 42.9 Å². The summed E-state index contributed by atoms with van der Waals surface area (Å²) >= 11 is 0. The van der Waals surface area contributed by atoms with E-state index in [0.29, 0.717) is 24.5 Å². The molecular formula is C21H28N4O3. The molecule has 2 heterocycles. The number of ether oxygens (including phenoxy) is 2.